The van der Waals surface area contributed by atoms with E-state index in [0.717, 1.165) is 16.6 Å². The Morgan fingerprint density at radius 3 is 3.00 bits per heavy atom. The van der Waals surface area contributed by atoms with E-state index in [0.29, 0.717) is 6.42 Å². The predicted molar refractivity (Wildman–Crippen MR) is 66.6 cm³/mol. The third kappa shape index (κ3) is 1.60. The van der Waals surface area contributed by atoms with E-state index in [-0.39, 0.29) is 0 Å². The fraction of sp³-hybridized carbons (Fsp3) is 0.231. The number of halogens is 1. The number of fused-ring (bicyclic) bond motifs is 3. The Bertz CT molecular complexity index is 551. The molecule has 2 nitrogen and oxygen atoms in total. The lowest BCUT2D eigenvalue weighted by Crippen LogP contribution is -2.21. The number of aliphatic hydroxyl groups is 1. The molecule has 1 unspecified atom stereocenters. The highest BCUT2D eigenvalue weighted by Gasteiger charge is 2.19. The first kappa shape index (κ1) is 10.1. The third-order valence-corrected chi connectivity index (χ3v) is 3.45. The van der Waals surface area contributed by atoms with Gasteiger partial charge in [0.2, 0.25) is 0 Å². The molecule has 0 fully saturated rings. The molecule has 82 valence electrons. The van der Waals surface area contributed by atoms with Crippen molar-refractivity contribution in [1.82, 2.24) is 0 Å². The first-order chi connectivity index (χ1) is 7.74. The second-order valence-electron chi connectivity index (χ2n) is 4.02. The lowest BCUT2D eigenvalue weighted by atomic mass is 9.98. The van der Waals surface area contributed by atoms with Gasteiger partial charge >= 0.3 is 0 Å². The first-order valence-corrected chi connectivity index (χ1v) is 6.09. The SMILES string of the molecule is OC1CCc2c(ccc3cc(Br)ccc23)O1. The fourth-order valence-electron chi connectivity index (χ4n) is 2.19. The summed E-state index contributed by atoms with van der Waals surface area (Å²) in [5.74, 6) is 0.813. The minimum Gasteiger partial charge on any atom is -0.465 e. The smallest absolute Gasteiger partial charge is 0.197 e. The van der Waals surface area contributed by atoms with E-state index in [1.165, 1.54) is 16.3 Å². The van der Waals surface area contributed by atoms with Gasteiger partial charge in [0.05, 0.1) is 0 Å². The zero-order valence-corrected chi connectivity index (χ0v) is 10.2. The van der Waals surface area contributed by atoms with Gasteiger partial charge < -0.3 is 9.84 Å². The van der Waals surface area contributed by atoms with Gasteiger partial charge in [-0.1, -0.05) is 28.1 Å². The van der Waals surface area contributed by atoms with Crippen LogP contribution in [0.25, 0.3) is 10.8 Å². The monoisotopic (exact) mass is 278 g/mol. The predicted octanol–water partition coefficient (Wildman–Crippen LogP) is 3.25. The number of aliphatic hydroxyl groups excluding tert-OH is 1. The molecule has 0 bridgehead atoms. The van der Waals surface area contributed by atoms with E-state index in [9.17, 15) is 5.11 Å². The lowest BCUT2D eigenvalue weighted by Gasteiger charge is -2.23. The van der Waals surface area contributed by atoms with Crippen LogP contribution in [-0.4, -0.2) is 11.4 Å². The van der Waals surface area contributed by atoms with Crippen LogP contribution in [0.5, 0.6) is 5.75 Å². The molecule has 1 heterocycles. The Labute approximate surface area is 102 Å². The molecule has 3 heteroatoms. The summed E-state index contributed by atoms with van der Waals surface area (Å²) in [6.07, 6.45) is 0.887. The molecule has 0 aromatic heterocycles. The van der Waals surface area contributed by atoms with Gasteiger partial charge in [-0.3, -0.25) is 0 Å². The summed E-state index contributed by atoms with van der Waals surface area (Å²) in [6.45, 7) is 0. The van der Waals surface area contributed by atoms with Crippen molar-refractivity contribution in [3.8, 4) is 5.75 Å². The minimum absolute atomic E-state index is 0.652. The van der Waals surface area contributed by atoms with E-state index in [2.05, 4.69) is 28.1 Å². The Balaban J connectivity index is 2.24. The average Bonchev–Trinajstić information content (AvgIpc) is 2.28. The van der Waals surface area contributed by atoms with E-state index in [1.54, 1.807) is 0 Å². The largest absolute Gasteiger partial charge is 0.465 e. The van der Waals surface area contributed by atoms with Crippen molar-refractivity contribution in [2.24, 2.45) is 0 Å². The van der Waals surface area contributed by atoms with Crippen molar-refractivity contribution in [1.29, 1.82) is 0 Å². The van der Waals surface area contributed by atoms with Crippen LogP contribution in [0, 0.1) is 0 Å². The summed E-state index contributed by atoms with van der Waals surface area (Å²) >= 11 is 3.47. The van der Waals surface area contributed by atoms with E-state index < -0.39 is 6.29 Å². The molecule has 0 saturated heterocycles. The Morgan fingerprint density at radius 1 is 1.25 bits per heavy atom. The number of rotatable bonds is 0. The molecule has 1 aliphatic heterocycles. The second-order valence-corrected chi connectivity index (χ2v) is 4.93. The Morgan fingerprint density at radius 2 is 2.12 bits per heavy atom. The summed E-state index contributed by atoms with van der Waals surface area (Å²) in [5.41, 5.74) is 1.20. The van der Waals surface area contributed by atoms with Crippen molar-refractivity contribution >= 4 is 26.7 Å². The second kappa shape index (κ2) is 3.75. The summed E-state index contributed by atoms with van der Waals surface area (Å²) in [6, 6.07) is 10.2. The maximum Gasteiger partial charge on any atom is 0.197 e. The van der Waals surface area contributed by atoms with Gasteiger partial charge in [-0.25, -0.2) is 0 Å². The number of hydrogen-bond acceptors (Lipinski definition) is 2. The molecule has 1 N–H and O–H groups in total. The summed E-state index contributed by atoms with van der Waals surface area (Å²) < 4.78 is 6.49. The molecule has 2 aromatic carbocycles. The van der Waals surface area contributed by atoms with Crippen LogP contribution in [-0.2, 0) is 6.42 Å². The molecule has 0 radical (unpaired) electrons. The first-order valence-electron chi connectivity index (χ1n) is 5.30. The highest BCUT2D eigenvalue weighted by atomic mass is 79.9. The van der Waals surface area contributed by atoms with Gasteiger partial charge in [0.15, 0.2) is 6.29 Å². The number of hydrogen-bond donors (Lipinski definition) is 1. The quantitative estimate of drug-likeness (QED) is 0.802. The summed E-state index contributed by atoms with van der Waals surface area (Å²) in [7, 11) is 0. The van der Waals surface area contributed by atoms with Crippen molar-refractivity contribution < 1.29 is 9.84 Å². The molecule has 0 aliphatic carbocycles. The van der Waals surface area contributed by atoms with Crippen molar-refractivity contribution in [3.63, 3.8) is 0 Å². The summed E-state index contributed by atoms with van der Waals surface area (Å²) in [5, 5.41) is 11.9. The molecular formula is C13H11BrO2. The van der Waals surface area contributed by atoms with Crippen LogP contribution in [0.3, 0.4) is 0 Å². The van der Waals surface area contributed by atoms with E-state index >= 15 is 0 Å². The maximum atomic E-state index is 9.44. The van der Waals surface area contributed by atoms with Crippen LogP contribution in [0.1, 0.15) is 12.0 Å². The molecule has 16 heavy (non-hydrogen) atoms. The van der Waals surface area contributed by atoms with Crippen LogP contribution >= 0.6 is 15.9 Å². The number of benzene rings is 2. The van der Waals surface area contributed by atoms with E-state index in [1.807, 2.05) is 18.2 Å². The standard InChI is InChI=1S/C13H11BrO2/c14-9-2-3-10-8(7-9)1-5-12-11(10)4-6-13(15)16-12/h1-3,5,7,13,15H,4,6H2. The van der Waals surface area contributed by atoms with Crippen LogP contribution in [0.15, 0.2) is 34.8 Å². The van der Waals surface area contributed by atoms with E-state index in [4.69, 9.17) is 4.74 Å². The number of ether oxygens (including phenoxy) is 1. The lowest BCUT2D eigenvalue weighted by molar-refractivity contribution is -0.0313. The van der Waals surface area contributed by atoms with Gasteiger partial charge in [-0.2, -0.15) is 0 Å². The number of aryl methyl sites for hydroxylation is 1. The van der Waals surface area contributed by atoms with Gasteiger partial charge in [0, 0.05) is 16.5 Å². The van der Waals surface area contributed by atoms with Crippen LogP contribution < -0.4 is 4.74 Å². The summed E-state index contributed by atoms with van der Waals surface area (Å²) in [4.78, 5) is 0. The average molecular weight is 279 g/mol. The van der Waals surface area contributed by atoms with Gasteiger partial charge in [0.1, 0.15) is 5.75 Å². The Kier molecular flexibility index (Phi) is 2.37. The van der Waals surface area contributed by atoms with Gasteiger partial charge in [-0.15, -0.1) is 0 Å². The third-order valence-electron chi connectivity index (χ3n) is 2.95. The van der Waals surface area contributed by atoms with Crippen LogP contribution in [0.2, 0.25) is 0 Å². The highest BCUT2D eigenvalue weighted by molar-refractivity contribution is 9.10. The zero-order valence-electron chi connectivity index (χ0n) is 8.61. The molecule has 1 aliphatic rings. The van der Waals surface area contributed by atoms with Crippen molar-refractivity contribution in [2.75, 3.05) is 0 Å². The molecule has 2 aromatic rings. The fourth-order valence-corrected chi connectivity index (χ4v) is 2.57. The zero-order chi connectivity index (χ0) is 11.1. The minimum atomic E-state index is -0.652. The van der Waals surface area contributed by atoms with Crippen molar-refractivity contribution in [2.45, 2.75) is 19.1 Å². The van der Waals surface area contributed by atoms with Gasteiger partial charge in [0.25, 0.3) is 0 Å². The van der Waals surface area contributed by atoms with Crippen LogP contribution in [0.4, 0.5) is 0 Å². The molecule has 0 spiro atoms. The molecule has 1 atom stereocenters. The Hall–Kier alpha value is -1.06. The maximum absolute atomic E-state index is 9.44. The molecule has 0 saturated carbocycles. The van der Waals surface area contributed by atoms with Crippen molar-refractivity contribution in [3.05, 3.63) is 40.4 Å². The molecular weight excluding hydrogens is 268 g/mol. The van der Waals surface area contributed by atoms with Gasteiger partial charge in [-0.05, 0) is 35.4 Å². The highest BCUT2D eigenvalue weighted by Crippen LogP contribution is 2.34. The topological polar surface area (TPSA) is 29.5 Å². The normalized spacial score (nSPS) is 19.2. The molecule has 3 rings (SSSR count). The molecule has 0 amide bonds.